The maximum Gasteiger partial charge on any atom is 0.321 e. The second kappa shape index (κ2) is 6.69. The third-order valence-corrected chi connectivity index (χ3v) is 3.64. The molecule has 10 nitrogen and oxygen atoms in total. The molecule has 22 heavy (non-hydrogen) atoms. The minimum absolute atomic E-state index is 0.0312. The van der Waals surface area contributed by atoms with E-state index in [0.29, 0.717) is 5.69 Å². The number of aromatic nitrogens is 2. The molecule has 0 saturated carbocycles. The number of aliphatic hydroxyl groups is 4. The molecule has 1 aromatic heterocycles. The van der Waals surface area contributed by atoms with Crippen LogP contribution in [0.3, 0.4) is 0 Å². The van der Waals surface area contributed by atoms with E-state index in [9.17, 15) is 25.2 Å². The van der Waals surface area contributed by atoms with Gasteiger partial charge in [0, 0.05) is 12.6 Å². The summed E-state index contributed by atoms with van der Waals surface area (Å²) in [7, 11) is 0. The smallest absolute Gasteiger partial charge is 0.321 e. The molecule has 2 heterocycles. The van der Waals surface area contributed by atoms with Gasteiger partial charge in [0.25, 0.3) is 0 Å². The summed E-state index contributed by atoms with van der Waals surface area (Å²) in [5.41, 5.74) is -1.42. The Bertz CT molecular complexity index is 497. The molecule has 1 aliphatic heterocycles. The predicted molar refractivity (Wildman–Crippen MR) is 70.6 cm³/mol. The van der Waals surface area contributed by atoms with Crippen LogP contribution in [0.15, 0.2) is 12.5 Å². The first-order chi connectivity index (χ1) is 10.4. The summed E-state index contributed by atoms with van der Waals surface area (Å²) in [6, 6.07) is -1.23. The number of rotatable bonds is 7. The topological polar surface area (TPSA) is 168 Å². The Balaban J connectivity index is 2.17. The van der Waals surface area contributed by atoms with Crippen molar-refractivity contribution in [3.05, 3.63) is 18.2 Å². The standard InChI is InChI=1S/C12H19N3O7/c16-3-8-9(18)10(19)12(4-17,22-8)15-7(11(20)21)1-6-2-13-5-14-6/h2,5,7-10,15-19H,1,3-4H2,(H,13,14)(H,20,21)/t7?,8-,9-,10+,12?/m1/s1. The third kappa shape index (κ3) is 3.11. The number of carboxylic acids is 1. The normalized spacial score (nSPS) is 33.0. The van der Waals surface area contributed by atoms with Crippen molar-refractivity contribution >= 4 is 5.97 Å². The summed E-state index contributed by atoms with van der Waals surface area (Å²) in [5, 5.41) is 50.2. The van der Waals surface area contributed by atoms with Crippen LogP contribution in [0.25, 0.3) is 0 Å². The summed E-state index contributed by atoms with van der Waals surface area (Å²) in [6.45, 7) is -1.37. The fourth-order valence-corrected chi connectivity index (χ4v) is 2.44. The molecule has 124 valence electrons. The summed E-state index contributed by atoms with van der Waals surface area (Å²) >= 11 is 0. The predicted octanol–water partition coefficient (Wildman–Crippen LogP) is -3.20. The zero-order valence-corrected chi connectivity index (χ0v) is 11.6. The van der Waals surface area contributed by atoms with Crippen LogP contribution in [0.2, 0.25) is 0 Å². The first-order valence-corrected chi connectivity index (χ1v) is 6.67. The van der Waals surface area contributed by atoms with Gasteiger partial charge in [0.15, 0.2) is 5.72 Å². The number of ether oxygens (including phenoxy) is 1. The Kier molecular flexibility index (Phi) is 5.11. The minimum atomic E-state index is -1.88. The maximum atomic E-state index is 11.4. The van der Waals surface area contributed by atoms with Gasteiger partial charge in [0.2, 0.25) is 0 Å². The molecular formula is C12H19N3O7. The first kappa shape index (κ1) is 16.8. The molecule has 10 heteroatoms. The van der Waals surface area contributed by atoms with Crippen molar-refractivity contribution in [2.75, 3.05) is 13.2 Å². The van der Waals surface area contributed by atoms with Crippen LogP contribution >= 0.6 is 0 Å². The molecule has 0 aromatic carbocycles. The van der Waals surface area contributed by atoms with E-state index in [2.05, 4.69) is 15.3 Å². The van der Waals surface area contributed by atoms with E-state index in [0.717, 1.165) is 0 Å². The van der Waals surface area contributed by atoms with E-state index >= 15 is 0 Å². The fraction of sp³-hybridized carbons (Fsp3) is 0.667. The highest BCUT2D eigenvalue weighted by Crippen LogP contribution is 2.29. The van der Waals surface area contributed by atoms with E-state index in [1.165, 1.54) is 12.5 Å². The Morgan fingerprint density at radius 2 is 2.23 bits per heavy atom. The van der Waals surface area contributed by atoms with Gasteiger partial charge in [-0.25, -0.2) is 4.98 Å². The van der Waals surface area contributed by atoms with E-state index < -0.39 is 49.3 Å². The highest BCUT2D eigenvalue weighted by molar-refractivity contribution is 5.74. The van der Waals surface area contributed by atoms with Crippen molar-refractivity contribution in [3.63, 3.8) is 0 Å². The second-order valence-corrected chi connectivity index (χ2v) is 5.12. The number of H-pyrrole nitrogens is 1. The summed E-state index contributed by atoms with van der Waals surface area (Å²) in [4.78, 5) is 18.0. The third-order valence-electron chi connectivity index (χ3n) is 3.64. The number of aliphatic hydroxyl groups excluding tert-OH is 4. The number of hydrogen-bond acceptors (Lipinski definition) is 8. The van der Waals surface area contributed by atoms with Crippen molar-refractivity contribution in [2.24, 2.45) is 0 Å². The van der Waals surface area contributed by atoms with Crippen LogP contribution in [0, 0.1) is 0 Å². The Hall–Kier alpha value is -1.56. The quantitative estimate of drug-likeness (QED) is 0.274. The van der Waals surface area contributed by atoms with Gasteiger partial charge in [0.1, 0.15) is 24.4 Å². The van der Waals surface area contributed by atoms with E-state index in [1.54, 1.807) is 0 Å². The number of aliphatic carboxylic acids is 1. The number of nitrogens with zero attached hydrogens (tertiary/aromatic N) is 1. The number of hydrogen-bond donors (Lipinski definition) is 7. The van der Waals surface area contributed by atoms with Crippen LogP contribution in [0.4, 0.5) is 0 Å². The summed E-state index contributed by atoms with van der Waals surface area (Å²) in [5.74, 6) is -1.24. The lowest BCUT2D eigenvalue weighted by Crippen LogP contribution is -2.62. The van der Waals surface area contributed by atoms with E-state index in [-0.39, 0.29) is 6.42 Å². The van der Waals surface area contributed by atoms with Gasteiger partial charge in [-0.1, -0.05) is 0 Å². The molecule has 0 spiro atoms. The van der Waals surface area contributed by atoms with E-state index in [1.807, 2.05) is 0 Å². The van der Waals surface area contributed by atoms with Crippen LogP contribution in [0.1, 0.15) is 5.69 Å². The maximum absolute atomic E-state index is 11.4. The SMILES string of the molecule is O=C(O)C(Cc1c[nH]cn1)NC1(CO)O[C@H](CO)[C@@H](O)[C@@H]1O. The molecule has 7 N–H and O–H groups in total. The average molecular weight is 317 g/mol. The van der Waals surface area contributed by atoms with Gasteiger partial charge in [-0.3, -0.25) is 10.1 Å². The van der Waals surface area contributed by atoms with Gasteiger partial charge in [-0.2, -0.15) is 0 Å². The minimum Gasteiger partial charge on any atom is -0.480 e. The molecule has 0 bridgehead atoms. The number of imidazole rings is 1. The highest BCUT2D eigenvalue weighted by atomic mass is 16.6. The van der Waals surface area contributed by atoms with Gasteiger partial charge < -0.3 is 35.3 Å². The molecule has 0 radical (unpaired) electrons. The number of aromatic amines is 1. The second-order valence-electron chi connectivity index (χ2n) is 5.12. The van der Waals surface area contributed by atoms with Crippen molar-refractivity contribution in [1.82, 2.24) is 15.3 Å². The molecule has 1 saturated heterocycles. The largest absolute Gasteiger partial charge is 0.480 e. The zero-order chi connectivity index (χ0) is 16.3. The lowest BCUT2D eigenvalue weighted by atomic mass is 10.0. The van der Waals surface area contributed by atoms with E-state index in [4.69, 9.17) is 9.84 Å². The summed E-state index contributed by atoms with van der Waals surface area (Å²) < 4.78 is 5.27. The van der Waals surface area contributed by atoms with Crippen molar-refractivity contribution in [2.45, 2.75) is 36.5 Å². The molecule has 0 aliphatic carbocycles. The molecule has 1 aliphatic rings. The molecule has 1 aromatic rings. The van der Waals surface area contributed by atoms with Gasteiger partial charge >= 0.3 is 5.97 Å². The van der Waals surface area contributed by atoms with Gasteiger partial charge in [-0.15, -0.1) is 0 Å². The monoisotopic (exact) mass is 317 g/mol. The molecule has 0 amide bonds. The molecule has 1 fully saturated rings. The first-order valence-electron chi connectivity index (χ1n) is 6.67. The van der Waals surface area contributed by atoms with Crippen molar-refractivity contribution < 1.29 is 35.1 Å². The Morgan fingerprint density at radius 3 is 2.68 bits per heavy atom. The van der Waals surface area contributed by atoms with Gasteiger partial charge in [0.05, 0.1) is 25.2 Å². The Morgan fingerprint density at radius 1 is 1.50 bits per heavy atom. The lowest BCUT2D eigenvalue weighted by Gasteiger charge is -2.33. The number of nitrogens with one attached hydrogen (secondary N) is 2. The van der Waals surface area contributed by atoms with Crippen molar-refractivity contribution in [3.8, 4) is 0 Å². The Labute approximate surface area is 125 Å². The number of carbonyl (C=O) groups is 1. The van der Waals surface area contributed by atoms with Gasteiger partial charge in [-0.05, 0) is 0 Å². The lowest BCUT2D eigenvalue weighted by molar-refractivity contribution is -0.158. The molecule has 2 unspecified atom stereocenters. The average Bonchev–Trinajstić information content (AvgIpc) is 3.09. The fourth-order valence-electron chi connectivity index (χ4n) is 2.44. The molecular weight excluding hydrogens is 298 g/mol. The zero-order valence-electron chi connectivity index (χ0n) is 11.6. The van der Waals surface area contributed by atoms with Crippen LogP contribution in [0.5, 0.6) is 0 Å². The van der Waals surface area contributed by atoms with Crippen LogP contribution < -0.4 is 5.32 Å². The number of carboxylic acid groups (broad SMARTS) is 1. The molecule has 2 rings (SSSR count). The van der Waals surface area contributed by atoms with Crippen LogP contribution in [-0.2, 0) is 16.0 Å². The highest BCUT2D eigenvalue weighted by Gasteiger charge is 2.55. The van der Waals surface area contributed by atoms with Crippen LogP contribution in [-0.4, -0.2) is 84.8 Å². The van der Waals surface area contributed by atoms with Crippen molar-refractivity contribution in [1.29, 1.82) is 0 Å². The molecule has 5 atom stereocenters. The summed E-state index contributed by atoms with van der Waals surface area (Å²) in [6.07, 6.45) is -1.31.